The minimum Gasteiger partial charge on any atom is -0.353 e. The number of aromatic nitrogens is 2. The summed E-state index contributed by atoms with van der Waals surface area (Å²) in [6.45, 7) is 3.10. The van der Waals surface area contributed by atoms with Crippen LogP contribution in [0.5, 0.6) is 0 Å². The first-order valence-electron chi connectivity index (χ1n) is 6.87. The van der Waals surface area contributed by atoms with Gasteiger partial charge in [-0.2, -0.15) is 4.98 Å². The fourth-order valence-electron chi connectivity index (χ4n) is 3.50. The Bertz CT molecular complexity index is 433. The first-order valence-corrected chi connectivity index (χ1v) is 6.87. The molecule has 0 bridgehead atoms. The van der Waals surface area contributed by atoms with Gasteiger partial charge in [-0.05, 0) is 38.5 Å². The predicted octanol–water partition coefficient (Wildman–Crippen LogP) is 1.84. The average Bonchev–Trinajstić information content (AvgIpc) is 2.85. The van der Waals surface area contributed by atoms with E-state index in [2.05, 4.69) is 26.4 Å². The van der Waals surface area contributed by atoms with Crippen molar-refractivity contribution in [2.75, 3.05) is 16.9 Å². The Labute approximate surface area is 108 Å². The molecule has 3 N–H and O–H groups in total. The van der Waals surface area contributed by atoms with Gasteiger partial charge < -0.3 is 4.90 Å². The van der Waals surface area contributed by atoms with E-state index in [0.717, 1.165) is 24.0 Å². The standard InChI is InChI=1S/C13H21N5/c1-9-8-12(16-13(15-9)17-14)18-7-3-5-10-4-2-6-11(10)18/h8,10-11H,2-7,14H2,1H3,(H,15,16,17). The summed E-state index contributed by atoms with van der Waals surface area (Å²) in [6, 6.07) is 2.75. The summed E-state index contributed by atoms with van der Waals surface area (Å²) in [5, 5.41) is 0. The molecule has 98 valence electrons. The van der Waals surface area contributed by atoms with Gasteiger partial charge in [0.2, 0.25) is 5.95 Å². The third-order valence-electron chi connectivity index (χ3n) is 4.26. The molecular formula is C13H21N5. The SMILES string of the molecule is Cc1cc(N2CCCC3CCCC32)nc(NN)n1. The number of piperidine rings is 1. The maximum absolute atomic E-state index is 5.43. The zero-order chi connectivity index (χ0) is 12.5. The number of fused-ring (bicyclic) bond motifs is 1. The lowest BCUT2D eigenvalue weighted by atomic mass is 9.92. The molecule has 1 aromatic heterocycles. The van der Waals surface area contributed by atoms with Crippen molar-refractivity contribution < 1.29 is 0 Å². The molecule has 2 heterocycles. The van der Waals surface area contributed by atoms with Gasteiger partial charge in [0.25, 0.3) is 0 Å². The minimum absolute atomic E-state index is 0.519. The van der Waals surface area contributed by atoms with Crippen LogP contribution in [0.1, 0.15) is 37.8 Å². The lowest BCUT2D eigenvalue weighted by Crippen LogP contribution is -2.43. The van der Waals surface area contributed by atoms with Crippen LogP contribution in [-0.4, -0.2) is 22.6 Å². The summed E-state index contributed by atoms with van der Waals surface area (Å²) in [4.78, 5) is 11.2. The van der Waals surface area contributed by atoms with Gasteiger partial charge in [-0.3, -0.25) is 5.43 Å². The van der Waals surface area contributed by atoms with E-state index in [-0.39, 0.29) is 0 Å². The Morgan fingerprint density at radius 3 is 2.94 bits per heavy atom. The molecule has 2 atom stereocenters. The maximum Gasteiger partial charge on any atom is 0.239 e. The van der Waals surface area contributed by atoms with E-state index < -0.39 is 0 Å². The summed E-state index contributed by atoms with van der Waals surface area (Å²) < 4.78 is 0. The number of nitrogens with two attached hydrogens (primary N) is 1. The van der Waals surface area contributed by atoms with Crippen molar-refractivity contribution >= 4 is 11.8 Å². The molecule has 0 spiro atoms. The van der Waals surface area contributed by atoms with Crippen LogP contribution in [0.3, 0.4) is 0 Å². The lowest BCUT2D eigenvalue weighted by molar-refractivity contribution is 0.360. The van der Waals surface area contributed by atoms with Crippen molar-refractivity contribution in [2.45, 2.75) is 45.1 Å². The summed E-state index contributed by atoms with van der Waals surface area (Å²) in [5.41, 5.74) is 3.52. The Morgan fingerprint density at radius 1 is 1.28 bits per heavy atom. The van der Waals surface area contributed by atoms with Crippen LogP contribution in [-0.2, 0) is 0 Å². The molecule has 0 aromatic carbocycles. The highest BCUT2D eigenvalue weighted by atomic mass is 15.3. The fraction of sp³-hybridized carbons (Fsp3) is 0.692. The van der Waals surface area contributed by atoms with Gasteiger partial charge in [-0.25, -0.2) is 10.8 Å². The molecule has 1 aromatic rings. The quantitative estimate of drug-likeness (QED) is 0.616. The van der Waals surface area contributed by atoms with Crippen LogP contribution in [0.25, 0.3) is 0 Å². The monoisotopic (exact) mass is 247 g/mol. The number of hydrogen-bond donors (Lipinski definition) is 2. The van der Waals surface area contributed by atoms with Crippen molar-refractivity contribution in [3.8, 4) is 0 Å². The van der Waals surface area contributed by atoms with Gasteiger partial charge in [0, 0.05) is 24.3 Å². The number of rotatable bonds is 2. The molecule has 2 unspecified atom stereocenters. The van der Waals surface area contributed by atoms with Crippen molar-refractivity contribution in [2.24, 2.45) is 11.8 Å². The van der Waals surface area contributed by atoms with Crippen LogP contribution in [0.4, 0.5) is 11.8 Å². The van der Waals surface area contributed by atoms with Crippen LogP contribution in [0.2, 0.25) is 0 Å². The first kappa shape index (κ1) is 11.7. The van der Waals surface area contributed by atoms with Gasteiger partial charge in [0.05, 0.1) is 0 Å². The third kappa shape index (κ3) is 2.03. The average molecular weight is 247 g/mol. The van der Waals surface area contributed by atoms with Gasteiger partial charge in [-0.15, -0.1) is 0 Å². The number of nitrogens with one attached hydrogen (secondary N) is 1. The molecule has 1 saturated carbocycles. The second kappa shape index (κ2) is 4.72. The number of hydrazine groups is 1. The van der Waals surface area contributed by atoms with E-state index >= 15 is 0 Å². The Morgan fingerprint density at radius 2 is 2.11 bits per heavy atom. The zero-order valence-corrected chi connectivity index (χ0v) is 10.9. The number of hydrogen-bond acceptors (Lipinski definition) is 5. The molecule has 5 nitrogen and oxygen atoms in total. The second-order valence-corrected chi connectivity index (χ2v) is 5.43. The highest BCUT2D eigenvalue weighted by Gasteiger charge is 2.35. The van der Waals surface area contributed by atoms with Gasteiger partial charge in [-0.1, -0.05) is 6.42 Å². The van der Waals surface area contributed by atoms with Crippen molar-refractivity contribution in [3.05, 3.63) is 11.8 Å². The normalized spacial score (nSPS) is 27.1. The summed E-state index contributed by atoms with van der Waals surface area (Å²) >= 11 is 0. The smallest absolute Gasteiger partial charge is 0.239 e. The predicted molar refractivity (Wildman–Crippen MR) is 72.3 cm³/mol. The molecule has 0 amide bonds. The van der Waals surface area contributed by atoms with Gasteiger partial charge >= 0.3 is 0 Å². The molecule has 1 saturated heterocycles. The maximum atomic E-state index is 5.43. The molecule has 2 aliphatic rings. The summed E-state index contributed by atoms with van der Waals surface area (Å²) in [6.07, 6.45) is 6.70. The summed E-state index contributed by atoms with van der Waals surface area (Å²) in [5.74, 6) is 7.85. The number of nitrogens with zero attached hydrogens (tertiary/aromatic N) is 3. The molecular weight excluding hydrogens is 226 g/mol. The van der Waals surface area contributed by atoms with Crippen LogP contribution >= 0.6 is 0 Å². The molecule has 0 radical (unpaired) electrons. The van der Waals surface area contributed by atoms with Gasteiger partial charge in [0.15, 0.2) is 0 Å². The highest BCUT2D eigenvalue weighted by molar-refractivity contribution is 5.46. The highest BCUT2D eigenvalue weighted by Crippen LogP contribution is 2.38. The number of aryl methyl sites for hydroxylation is 1. The molecule has 3 rings (SSSR count). The van der Waals surface area contributed by atoms with Crippen molar-refractivity contribution in [1.29, 1.82) is 0 Å². The molecule has 1 aliphatic heterocycles. The van der Waals surface area contributed by atoms with E-state index in [1.165, 1.54) is 32.1 Å². The van der Waals surface area contributed by atoms with Crippen molar-refractivity contribution in [1.82, 2.24) is 9.97 Å². The van der Waals surface area contributed by atoms with Crippen LogP contribution in [0.15, 0.2) is 6.07 Å². The van der Waals surface area contributed by atoms with Crippen LogP contribution < -0.4 is 16.2 Å². The van der Waals surface area contributed by atoms with Crippen molar-refractivity contribution in [3.63, 3.8) is 0 Å². The Kier molecular flexibility index (Phi) is 3.07. The van der Waals surface area contributed by atoms with Crippen LogP contribution in [0, 0.1) is 12.8 Å². The zero-order valence-electron chi connectivity index (χ0n) is 10.9. The van der Waals surface area contributed by atoms with Gasteiger partial charge in [0.1, 0.15) is 5.82 Å². The second-order valence-electron chi connectivity index (χ2n) is 5.43. The topological polar surface area (TPSA) is 67.1 Å². The lowest BCUT2D eigenvalue weighted by Gasteiger charge is -2.38. The minimum atomic E-state index is 0.519. The molecule has 5 heteroatoms. The van der Waals surface area contributed by atoms with E-state index in [4.69, 9.17) is 5.84 Å². The largest absolute Gasteiger partial charge is 0.353 e. The summed E-state index contributed by atoms with van der Waals surface area (Å²) in [7, 11) is 0. The first-order chi connectivity index (χ1) is 8.78. The van der Waals surface area contributed by atoms with E-state index in [1.54, 1.807) is 0 Å². The molecule has 18 heavy (non-hydrogen) atoms. The number of anilines is 2. The van der Waals surface area contributed by atoms with E-state index in [0.29, 0.717) is 12.0 Å². The molecule has 1 aliphatic carbocycles. The molecule has 2 fully saturated rings. The third-order valence-corrected chi connectivity index (χ3v) is 4.26. The van der Waals surface area contributed by atoms with E-state index in [9.17, 15) is 0 Å². The number of nitrogen functional groups attached to an aromatic ring is 1. The fourth-order valence-corrected chi connectivity index (χ4v) is 3.50. The Balaban J connectivity index is 1.90. The van der Waals surface area contributed by atoms with E-state index in [1.807, 2.05) is 6.92 Å². The Hall–Kier alpha value is -1.36.